The van der Waals surface area contributed by atoms with Crippen LogP contribution in [0.5, 0.6) is 17.2 Å². The maximum atomic E-state index is 13.5. The van der Waals surface area contributed by atoms with Gasteiger partial charge >= 0.3 is 0 Å². The zero-order valence-corrected chi connectivity index (χ0v) is 27.8. The van der Waals surface area contributed by atoms with Gasteiger partial charge in [-0.15, -0.1) is 5.10 Å². The highest BCUT2D eigenvalue weighted by Crippen LogP contribution is 2.36. The van der Waals surface area contributed by atoms with Crippen LogP contribution in [0.1, 0.15) is 22.5 Å². The lowest BCUT2D eigenvalue weighted by atomic mass is 10.1. The number of furan rings is 1. The van der Waals surface area contributed by atoms with E-state index in [4.69, 9.17) is 37.1 Å². The molecule has 1 saturated heterocycles. The van der Waals surface area contributed by atoms with Gasteiger partial charge in [0.1, 0.15) is 18.1 Å². The van der Waals surface area contributed by atoms with Gasteiger partial charge in [0.05, 0.1) is 35.5 Å². The van der Waals surface area contributed by atoms with E-state index in [-0.39, 0.29) is 24.8 Å². The van der Waals surface area contributed by atoms with Gasteiger partial charge in [-0.3, -0.25) is 9.69 Å². The molecular formula is C30H21Br2Cl2N3O5S. The summed E-state index contributed by atoms with van der Waals surface area (Å²) in [5.41, 5.74) is 1.94. The molecule has 0 bridgehead atoms. The minimum atomic E-state index is -0.264. The third-order valence-corrected chi connectivity index (χ3v) is 8.71. The van der Waals surface area contributed by atoms with E-state index in [0.717, 1.165) is 15.6 Å². The van der Waals surface area contributed by atoms with Crippen LogP contribution in [0.4, 0.5) is 0 Å². The molecule has 1 aliphatic rings. The lowest BCUT2D eigenvalue weighted by molar-refractivity contribution is -0.122. The number of methoxy groups -OCH3 is 1. The number of rotatable bonds is 9. The van der Waals surface area contributed by atoms with Crippen molar-refractivity contribution in [2.45, 2.75) is 13.2 Å². The number of benzene rings is 3. The van der Waals surface area contributed by atoms with Gasteiger partial charge < -0.3 is 19.0 Å². The SMILES string of the molecule is COc1cc(/C=C2\S/C(=N/N=C\c3cc(Br)cc(Br)c3O)N(Cc3ccco3)C2=O)ccc1OCc1ccc(Cl)cc1Cl. The molecule has 8 nitrogen and oxygen atoms in total. The molecule has 0 spiro atoms. The molecule has 0 radical (unpaired) electrons. The van der Waals surface area contributed by atoms with Crippen molar-refractivity contribution in [2.24, 2.45) is 10.2 Å². The molecule has 2 heterocycles. The van der Waals surface area contributed by atoms with Gasteiger partial charge in [0.2, 0.25) is 0 Å². The normalized spacial score (nSPS) is 15.3. The van der Waals surface area contributed by atoms with Gasteiger partial charge in [-0.2, -0.15) is 5.10 Å². The van der Waals surface area contributed by atoms with Crippen LogP contribution < -0.4 is 9.47 Å². The number of halogens is 4. The van der Waals surface area contributed by atoms with Crippen LogP contribution in [0.25, 0.3) is 6.08 Å². The summed E-state index contributed by atoms with van der Waals surface area (Å²) < 4.78 is 18.2. The third-order valence-electron chi connectivity index (χ3n) is 6.06. The molecule has 1 aliphatic heterocycles. The minimum Gasteiger partial charge on any atom is -0.506 e. The fraction of sp³-hybridized carbons (Fsp3) is 0.100. The van der Waals surface area contributed by atoms with Crippen LogP contribution in [0.15, 0.2) is 95.4 Å². The largest absolute Gasteiger partial charge is 0.506 e. The second-order valence-corrected chi connectivity index (χ2v) is 12.6. The highest BCUT2D eigenvalue weighted by Gasteiger charge is 2.34. The Kier molecular flexibility index (Phi) is 10.2. The molecule has 5 rings (SSSR count). The molecule has 43 heavy (non-hydrogen) atoms. The summed E-state index contributed by atoms with van der Waals surface area (Å²) in [6.45, 7) is 0.388. The van der Waals surface area contributed by atoms with Gasteiger partial charge in [-0.05, 0) is 87.9 Å². The fourth-order valence-electron chi connectivity index (χ4n) is 3.94. The maximum Gasteiger partial charge on any atom is 0.267 e. The molecule has 0 aliphatic carbocycles. The monoisotopic (exact) mass is 763 g/mol. The predicted octanol–water partition coefficient (Wildman–Crippen LogP) is 8.91. The number of nitrogens with zero attached hydrogens (tertiary/aromatic N) is 3. The van der Waals surface area contributed by atoms with Crippen LogP contribution in [-0.4, -0.2) is 34.4 Å². The number of amides is 1. The number of phenols is 1. The topological polar surface area (TPSA) is 96.9 Å². The second kappa shape index (κ2) is 14.0. The predicted molar refractivity (Wildman–Crippen MR) is 177 cm³/mol. The summed E-state index contributed by atoms with van der Waals surface area (Å²) in [7, 11) is 1.54. The van der Waals surface area contributed by atoms with E-state index in [1.54, 1.807) is 74.0 Å². The van der Waals surface area contributed by atoms with E-state index in [0.29, 0.717) is 47.4 Å². The van der Waals surface area contributed by atoms with Gasteiger partial charge in [0.25, 0.3) is 5.91 Å². The molecule has 0 saturated carbocycles. The van der Waals surface area contributed by atoms with Gasteiger partial charge in [0, 0.05) is 25.6 Å². The summed E-state index contributed by atoms with van der Waals surface area (Å²) in [6.07, 6.45) is 4.70. The first-order valence-corrected chi connectivity index (χ1v) is 15.6. The minimum absolute atomic E-state index is 0.0213. The zero-order chi connectivity index (χ0) is 30.5. The number of phenolic OH excluding ortho intramolecular Hbond substituents is 1. The number of hydrogen-bond acceptors (Lipinski definition) is 8. The standard InChI is InChI=1S/C30H21Br2Cl2N3O5S/c1-40-26-9-17(4-7-25(26)42-16-18-5-6-21(33)13-24(18)34)10-27-29(39)37(15-22-3-2-8-41-22)30(43-27)36-35-14-19-11-20(31)12-23(32)28(19)38/h2-14,38H,15-16H2,1H3/b27-10-,35-14-,36-30+. The van der Waals surface area contributed by atoms with Crippen molar-refractivity contribution in [1.29, 1.82) is 0 Å². The first-order chi connectivity index (χ1) is 20.7. The van der Waals surface area contributed by atoms with Crippen molar-refractivity contribution in [2.75, 3.05) is 7.11 Å². The summed E-state index contributed by atoms with van der Waals surface area (Å²) in [6, 6.07) is 17.5. The van der Waals surface area contributed by atoms with Gasteiger partial charge in [-0.1, -0.05) is 51.3 Å². The fourth-order valence-corrected chi connectivity index (χ4v) is 6.60. The smallest absolute Gasteiger partial charge is 0.267 e. The number of carbonyl (C=O) groups excluding carboxylic acids is 1. The van der Waals surface area contributed by atoms with Crippen molar-refractivity contribution >= 4 is 90.2 Å². The molecule has 0 unspecified atom stereocenters. The second-order valence-electron chi connectivity index (χ2n) is 8.97. The lowest BCUT2D eigenvalue weighted by Crippen LogP contribution is -2.28. The lowest BCUT2D eigenvalue weighted by Gasteiger charge is -2.13. The van der Waals surface area contributed by atoms with Crippen LogP contribution in [-0.2, 0) is 17.9 Å². The van der Waals surface area contributed by atoms with Gasteiger partial charge in [0.15, 0.2) is 16.7 Å². The Morgan fingerprint density at radius 3 is 2.67 bits per heavy atom. The van der Waals surface area contributed by atoms with Gasteiger partial charge in [-0.25, -0.2) is 0 Å². The van der Waals surface area contributed by atoms with E-state index in [9.17, 15) is 9.90 Å². The van der Waals surface area contributed by atoms with Crippen molar-refractivity contribution in [3.05, 3.63) is 113 Å². The Labute approximate surface area is 278 Å². The van der Waals surface area contributed by atoms with E-state index in [1.807, 2.05) is 6.07 Å². The van der Waals surface area contributed by atoms with Crippen LogP contribution in [0.2, 0.25) is 10.0 Å². The summed E-state index contributed by atoms with van der Waals surface area (Å²) >= 11 is 20.1. The maximum absolute atomic E-state index is 13.5. The molecule has 1 aromatic heterocycles. The number of thioether (sulfide) groups is 1. The number of aromatic hydroxyl groups is 1. The van der Waals surface area contributed by atoms with E-state index in [2.05, 4.69) is 42.1 Å². The molecule has 220 valence electrons. The number of carbonyl (C=O) groups is 1. The molecule has 1 amide bonds. The van der Waals surface area contributed by atoms with Crippen LogP contribution in [0, 0.1) is 0 Å². The van der Waals surface area contributed by atoms with E-state index >= 15 is 0 Å². The molecule has 13 heteroatoms. The molecule has 1 fully saturated rings. The van der Waals surface area contributed by atoms with Crippen molar-refractivity contribution in [1.82, 2.24) is 4.90 Å². The molecule has 3 aromatic carbocycles. The number of amidine groups is 1. The Bertz CT molecular complexity index is 1760. The molecule has 4 aromatic rings. The van der Waals surface area contributed by atoms with Crippen molar-refractivity contribution in [3.8, 4) is 17.2 Å². The Morgan fingerprint density at radius 1 is 1.09 bits per heavy atom. The van der Waals surface area contributed by atoms with Crippen molar-refractivity contribution < 1.29 is 23.8 Å². The Balaban J connectivity index is 1.39. The van der Waals surface area contributed by atoms with Crippen LogP contribution in [0.3, 0.4) is 0 Å². The number of hydrogen-bond donors (Lipinski definition) is 1. The average Bonchev–Trinajstić information content (AvgIpc) is 3.60. The van der Waals surface area contributed by atoms with Crippen molar-refractivity contribution in [3.63, 3.8) is 0 Å². The van der Waals surface area contributed by atoms with E-state index in [1.165, 1.54) is 22.9 Å². The molecular weight excluding hydrogens is 745 g/mol. The first kappa shape index (κ1) is 31.2. The summed E-state index contributed by atoms with van der Waals surface area (Å²) in [5, 5.41) is 20.2. The number of ether oxygens (including phenoxy) is 2. The molecule has 0 atom stereocenters. The third kappa shape index (κ3) is 7.66. The first-order valence-electron chi connectivity index (χ1n) is 12.5. The summed E-state index contributed by atoms with van der Waals surface area (Å²) in [4.78, 5) is 15.4. The highest BCUT2D eigenvalue weighted by molar-refractivity contribution is 9.11. The Morgan fingerprint density at radius 2 is 1.93 bits per heavy atom. The average molecular weight is 766 g/mol. The molecule has 1 N–H and O–H groups in total. The highest BCUT2D eigenvalue weighted by atomic mass is 79.9. The van der Waals surface area contributed by atoms with Crippen LogP contribution >= 0.6 is 66.8 Å². The quantitative estimate of drug-likeness (QED) is 0.104. The Hall–Kier alpha value is -3.22. The zero-order valence-electron chi connectivity index (χ0n) is 22.3. The van der Waals surface area contributed by atoms with E-state index < -0.39 is 0 Å². The summed E-state index contributed by atoms with van der Waals surface area (Å²) in [5.74, 6) is 1.35.